The molecule has 1 amide bonds. The first-order valence-electron chi connectivity index (χ1n) is 6.97. The van der Waals surface area contributed by atoms with Crippen molar-refractivity contribution < 1.29 is 19.4 Å². The molecule has 0 bridgehead atoms. The van der Waals surface area contributed by atoms with Crippen LogP contribution >= 0.6 is 0 Å². The minimum Gasteiger partial charge on any atom is -0.465 e. The van der Waals surface area contributed by atoms with E-state index in [2.05, 4.69) is 5.32 Å². The summed E-state index contributed by atoms with van der Waals surface area (Å²) in [6.45, 7) is 1.66. The topological polar surface area (TPSA) is 78.9 Å². The number of likely N-dealkylation sites (tertiary alicyclic amines) is 1. The van der Waals surface area contributed by atoms with E-state index in [1.165, 1.54) is 7.11 Å². The van der Waals surface area contributed by atoms with Crippen LogP contribution in [0.15, 0.2) is 24.3 Å². The van der Waals surface area contributed by atoms with Gasteiger partial charge in [0.15, 0.2) is 0 Å². The lowest BCUT2D eigenvalue weighted by Gasteiger charge is -2.28. The minimum atomic E-state index is -0.480. The van der Waals surface area contributed by atoms with Crippen LogP contribution in [-0.4, -0.2) is 54.7 Å². The molecule has 1 aliphatic heterocycles. The van der Waals surface area contributed by atoms with E-state index in [1.807, 2.05) is 4.90 Å². The van der Waals surface area contributed by atoms with Crippen molar-refractivity contribution in [3.63, 3.8) is 0 Å². The van der Waals surface area contributed by atoms with Crippen molar-refractivity contribution in [1.29, 1.82) is 0 Å². The highest BCUT2D eigenvalue weighted by atomic mass is 16.5. The summed E-state index contributed by atoms with van der Waals surface area (Å²) < 4.78 is 4.69. The predicted octanol–water partition coefficient (Wildman–Crippen LogP) is 0.868. The summed E-state index contributed by atoms with van der Waals surface area (Å²) >= 11 is 0. The standard InChI is InChI=1S/C15H20N2O4/c1-21-15(20)12-4-2-3-5-13(12)16-14(19)10-17-8-6-11(18)7-9-17/h2-5,11,18H,6-10H2,1H3,(H,16,19). The number of methoxy groups -OCH3 is 1. The highest BCUT2D eigenvalue weighted by molar-refractivity contribution is 6.01. The van der Waals surface area contributed by atoms with Crippen LogP contribution in [0.3, 0.4) is 0 Å². The van der Waals surface area contributed by atoms with Crippen LogP contribution in [0.4, 0.5) is 5.69 Å². The van der Waals surface area contributed by atoms with Crippen LogP contribution in [0.25, 0.3) is 0 Å². The number of esters is 1. The van der Waals surface area contributed by atoms with Crippen molar-refractivity contribution in [2.75, 3.05) is 32.1 Å². The molecule has 6 nitrogen and oxygen atoms in total. The number of carbonyl (C=O) groups is 2. The lowest BCUT2D eigenvalue weighted by Crippen LogP contribution is -2.40. The summed E-state index contributed by atoms with van der Waals surface area (Å²) in [5.74, 6) is -0.658. The van der Waals surface area contributed by atoms with E-state index in [-0.39, 0.29) is 18.6 Å². The van der Waals surface area contributed by atoms with Gasteiger partial charge >= 0.3 is 5.97 Å². The van der Waals surface area contributed by atoms with Gasteiger partial charge in [-0.1, -0.05) is 12.1 Å². The first-order chi connectivity index (χ1) is 10.1. The highest BCUT2D eigenvalue weighted by Crippen LogP contribution is 2.16. The van der Waals surface area contributed by atoms with Crippen LogP contribution < -0.4 is 5.32 Å². The Bertz CT molecular complexity index is 510. The van der Waals surface area contributed by atoms with Gasteiger partial charge in [0, 0.05) is 13.1 Å². The zero-order valence-electron chi connectivity index (χ0n) is 12.0. The second kappa shape index (κ2) is 7.19. The molecule has 1 aromatic rings. The zero-order chi connectivity index (χ0) is 15.2. The number of aliphatic hydroxyl groups excluding tert-OH is 1. The van der Waals surface area contributed by atoms with Gasteiger partial charge < -0.3 is 15.2 Å². The third-order valence-electron chi connectivity index (χ3n) is 3.53. The number of anilines is 1. The summed E-state index contributed by atoms with van der Waals surface area (Å²) in [5, 5.41) is 12.2. The maximum atomic E-state index is 12.1. The van der Waals surface area contributed by atoms with Crippen LogP contribution in [0.2, 0.25) is 0 Å². The number of rotatable bonds is 4. The molecular weight excluding hydrogens is 272 g/mol. The largest absolute Gasteiger partial charge is 0.465 e. The SMILES string of the molecule is COC(=O)c1ccccc1NC(=O)CN1CCC(O)CC1. The molecule has 1 aliphatic rings. The molecule has 2 rings (SSSR count). The molecule has 2 N–H and O–H groups in total. The lowest BCUT2D eigenvalue weighted by molar-refractivity contribution is -0.117. The van der Waals surface area contributed by atoms with Crippen LogP contribution in [0.1, 0.15) is 23.2 Å². The van der Waals surface area contributed by atoms with Gasteiger partial charge in [0.1, 0.15) is 0 Å². The van der Waals surface area contributed by atoms with E-state index in [4.69, 9.17) is 4.74 Å². The molecule has 0 aromatic heterocycles. The van der Waals surface area contributed by atoms with E-state index in [0.717, 1.165) is 0 Å². The summed E-state index contributed by atoms with van der Waals surface area (Å²) in [4.78, 5) is 25.7. The van der Waals surface area contributed by atoms with E-state index in [9.17, 15) is 14.7 Å². The zero-order valence-corrected chi connectivity index (χ0v) is 12.0. The number of benzene rings is 1. The maximum absolute atomic E-state index is 12.1. The number of carbonyl (C=O) groups excluding carboxylic acids is 2. The summed E-state index contributed by atoms with van der Waals surface area (Å²) in [6, 6.07) is 6.75. The lowest BCUT2D eigenvalue weighted by atomic mass is 10.1. The fraction of sp³-hybridized carbons (Fsp3) is 0.467. The van der Waals surface area contributed by atoms with Crippen molar-refractivity contribution in [2.24, 2.45) is 0 Å². The molecule has 21 heavy (non-hydrogen) atoms. The Labute approximate surface area is 123 Å². The average Bonchev–Trinajstić information content (AvgIpc) is 2.49. The van der Waals surface area contributed by atoms with Gasteiger partial charge in [0.2, 0.25) is 5.91 Å². The Morgan fingerprint density at radius 3 is 2.67 bits per heavy atom. The molecule has 1 aromatic carbocycles. The Balaban J connectivity index is 1.95. The molecule has 0 radical (unpaired) electrons. The van der Waals surface area contributed by atoms with Crippen molar-refractivity contribution in [3.8, 4) is 0 Å². The molecular formula is C15H20N2O4. The number of para-hydroxylation sites is 1. The number of nitrogens with one attached hydrogen (secondary N) is 1. The molecule has 6 heteroatoms. The number of piperidine rings is 1. The number of nitrogens with zero attached hydrogens (tertiary/aromatic N) is 1. The average molecular weight is 292 g/mol. The van der Waals surface area contributed by atoms with Gasteiger partial charge in [0.05, 0.1) is 31.0 Å². The van der Waals surface area contributed by atoms with Gasteiger partial charge in [-0.05, 0) is 25.0 Å². The summed E-state index contributed by atoms with van der Waals surface area (Å²) in [6.07, 6.45) is 1.11. The maximum Gasteiger partial charge on any atom is 0.339 e. The van der Waals surface area contributed by atoms with Crippen molar-refractivity contribution >= 4 is 17.6 Å². The smallest absolute Gasteiger partial charge is 0.339 e. The van der Waals surface area contributed by atoms with Crippen molar-refractivity contribution in [3.05, 3.63) is 29.8 Å². The molecule has 0 unspecified atom stereocenters. The van der Waals surface area contributed by atoms with E-state index in [1.54, 1.807) is 24.3 Å². The molecule has 0 atom stereocenters. The van der Waals surface area contributed by atoms with E-state index in [0.29, 0.717) is 37.2 Å². The Morgan fingerprint density at radius 2 is 2.00 bits per heavy atom. The molecule has 1 heterocycles. The van der Waals surface area contributed by atoms with E-state index < -0.39 is 5.97 Å². The van der Waals surface area contributed by atoms with Gasteiger partial charge in [0.25, 0.3) is 0 Å². The first kappa shape index (κ1) is 15.5. The van der Waals surface area contributed by atoms with Gasteiger partial charge in [-0.25, -0.2) is 4.79 Å². The third-order valence-corrected chi connectivity index (χ3v) is 3.53. The van der Waals surface area contributed by atoms with Gasteiger partial charge in [-0.15, -0.1) is 0 Å². The first-order valence-corrected chi connectivity index (χ1v) is 6.97. The van der Waals surface area contributed by atoms with Crippen LogP contribution in [0.5, 0.6) is 0 Å². The third kappa shape index (κ3) is 4.27. The molecule has 0 aliphatic carbocycles. The monoisotopic (exact) mass is 292 g/mol. The van der Waals surface area contributed by atoms with E-state index >= 15 is 0 Å². The fourth-order valence-corrected chi connectivity index (χ4v) is 2.35. The number of hydrogen-bond donors (Lipinski definition) is 2. The van der Waals surface area contributed by atoms with Gasteiger partial charge in [-0.2, -0.15) is 0 Å². The second-order valence-electron chi connectivity index (χ2n) is 5.09. The predicted molar refractivity (Wildman–Crippen MR) is 78.1 cm³/mol. The number of amides is 1. The normalized spacial score (nSPS) is 16.5. The number of aliphatic hydroxyl groups is 1. The highest BCUT2D eigenvalue weighted by Gasteiger charge is 2.20. The second-order valence-corrected chi connectivity index (χ2v) is 5.09. The summed E-state index contributed by atoms with van der Waals surface area (Å²) in [5.41, 5.74) is 0.786. The molecule has 0 spiro atoms. The molecule has 114 valence electrons. The number of ether oxygens (including phenoxy) is 1. The Morgan fingerprint density at radius 1 is 1.33 bits per heavy atom. The Kier molecular flexibility index (Phi) is 5.30. The van der Waals surface area contributed by atoms with Crippen molar-refractivity contribution in [2.45, 2.75) is 18.9 Å². The summed E-state index contributed by atoms with van der Waals surface area (Å²) in [7, 11) is 1.31. The van der Waals surface area contributed by atoms with Gasteiger partial charge in [-0.3, -0.25) is 9.69 Å². The minimum absolute atomic E-state index is 0.178. The van der Waals surface area contributed by atoms with Crippen molar-refractivity contribution in [1.82, 2.24) is 4.90 Å². The Hall–Kier alpha value is -1.92. The quantitative estimate of drug-likeness (QED) is 0.805. The molecule has 1 saturated heterocycles. The molecule has 1 fully saturated rings. The fourth-order valence-electron chi connectivity index (χ4n) is 2.35. The van der Waals surface area contributed by atoms with Crippen LogP contribution in [0, 0.1) is 0 Å². The number of hydrogen-bond acceptors (Lipinski definition) is 5. The molecule has 0 saturated carbocycles. The van der Waals surface area contributed by atoms with Crippen LogP contribution in [-0.2, 0) is 9.53 Å².